The number of amides is 2. The lowest BCUT2D eigenvalue weighted by Crippen LogP contribution is -2.22. The van der Waals surface area contributed by atoms with Crippen molar-refractivity contribution < 1.29 is 19.1 Å². The van der Waals surface area contributed by atoms with Gasteiger partial charge < -0.3 is 19.8 Å². The first-order valence-corrected chi connectivity index (χ1v) is 9.83. The van der Waals surface area contributed by atoms with E-state index in [9.17, 15) is 14.4 Å². The Morgan fingerprint density at radius 1 is 1.17 bits per heavy atom. The molecule has 0 unspecified atom stereocenters. The smallest absolute Gasteiger partial charge is 0.263 e. The highest BCUT2D eigenvalue weighted by Gasteiger charge is 2.13. The quantitative estimate of drug-likeness (QED) is 0.507. The molecule has 3 rings (SSSR count). The zero-order chi connectivity index (χ0) is 21.5. The van der Waals surface area contributed by atoms with Gasteiger partial charge in [0.2, 0.25) is 5.91 Å². The van der Waals surface area contributed by atoms with Gasteiger partial charge in [-0.05, 0) is 30.7 Å². The molecule has 3 N–H and O–H groups in total. The molecular weight excluding hydrogens is 408 g/mol. The molecule has 10 heteroatoms. The number of rotatable bonds is 8. The van der Waals surface area contributed by atoms with Crippen LogP contribution in [0.25, 0.3) is 0 Å². The van der Waals surface area contributed by atoms with Crippen molar-refractivity contribution in [3.63, 3.8) is 0 Å². The van der Waals surface area contributed by atoms with Crippen LogP contribution in [0, 0.1) is 0 Å². The highest BCUT2D eigenvalue weighted by molar-refractivity contribution is 7.14. The summed E-state index contributed by atoms with van der Waals surface area (Å²) in [6.45, 7) is 0. The summed E-state index contributed by atoms with van der Waals surface area (Å²) in [5.41, 5.74) is 0.733. The second-order valence-electron chi connectivity index (χ2n) is 6.13. The summed E-state index contributed by atoms with van der Waals surface area (Å²) in [5, 5.41) is 7.50. The number of hydrogen-bond acceptors (Lipinski definition) is 7. The van der Waals surface area contributed by atoms with Crippen LogP contribution in [-0.4, -0.2) is 36.0 Å². The summed E-state index contributed by atoms with van der Waals surface area (Å²) in [5.74, 6) is 0.381. The lowest BCUT2D eigenvalue weighted by atomic mass is 10.2. The number of aromatic amines is 1. The molecule has 3 aromatic rings. The number of carbonyl (C=O) groups is 2. The number of H-pyrrole nitrogens is 1. The summed E-state index contributed by atoms with van der Waals surface area (Å²) >= 11 is 1.22. The predicted octanol–water partition coefficient (Wildman–Crippen LogP) is 2.67. The molecule has 0 fully saturated rings. The van der Waals surface area contributed by atoms with Gasteiger partial charge in [0.15, 0.2) is 5.13 Å². The lowest BCUT2D eigenvalue weighted by molar-refractivity contribution is -0.116. The molecule has 1 aromatic carbocycles. The first-order chi connectivity index (χ1) is 14.5. The Labute approximate surface area is 176 Å². The topological polar surface area (TPSA) is 122 Å². The molecule has 0 aliphatic carbocycles. The van der Waals surface area contributed by atoms with E-state index < -0.39 is 11.5 Å². The van der Waals surface area contributed by atoms with Crippen molar-refractivity contribution in [2.75, 3.05) is 24.9 Å². The Bertz CT molecular complexity index is 1110. The largest absolute Gasteiger partial charge is 0.497 e. The number of methoxy groups -OCH3 is 2. The van der Waals surface area contributed by atoms with Crippen molar-refractivity contribution in [3.05, 3.63) is 63.5 Å². The van der Waals surface area contributed by atoms with Crippen LogP contribution in [0.5, 0.6) is 11.5 Å². The van der Waals surface area contributed by atoms with E-state index in [4.69, 9.17) is 9.47 Å². The second-order valence-corrected chi connectivity index (χ2v) is 6.98. The van der Waals surface area contributed by atoms with Crippen LogP contribution in [-0.2, 0) is 11.2 Å². The van der Waals surface area contributed by atoms with Crippen LogP contribution in [0.3, 0.4) is 0 Å². The molecule has 156 valence electrons. The van der Waals surface area contributed by atoms with Crippen LogP contribution in [0.4, 0.5) is 10.8 Å². The van der Waals surface area contributed by atoms with Gasteiger partial charge in [0.25, 0.3) is 11.5 Å². The average Bonchev–Trinajstić information content (AvgIpc) is 3.20. The van der Waals surface area contributed by atoms with E-state index in [1.165, 1.54) is 30.7 Å². The number of pyridine rings is 1. The van der Waals surface area contributed by atoms with E-state index >= 15 is 0 Å². The van der Waals surface area contributed by atoms with Gasteiger partial charge in [0, 0.05) is 24.1 Å². The van der Waals surface area contributed by atoms with Crippen molar-refractivity contribution in [2.24, 2.45) is 0 Å². The molecule has 0 atom stereocenters. The minimum absolute atomic E-state index is 0.00191. The number of aromatic nitrogens is 2. The maximum atomic E-state index is 12.3. The van der Waals surface area contributed by atoms with Crippen molar-refractivity contribution in [1.29, 1.82) is 0 Å². The van der Waals surface area contributed by atoms with Gasteiger partial charge in [0.1, 0.15) is 17.1 Å². The van der Waals surface area contributed by atoms with Gasteiger partial charge in [-0.25, -0.2) is 4.98 Å². The predicted molar refractivity (Wildman–Crippen MR) is 114 cm³/mol. The van der Waals surface area contributed by atoms with E-state index in [1.54, 1.807) is 36.8 Å². The zero-order valence-electron chi connectivity index (χ0n) is 16.4. The number of benzene rings is 1. The monoisotopic (exact) mass is 428 g/mol. The number of hydrogen-bond donors (Lipinski definition) is 3. The Kier molecular flexibility index (Phi) is 6.81. The van der Waals surface area contributed by atoms with E-state index in [0.717, 1.165) is 0 Å². The first kappa shape index (κ1) is 21.1. The fraction of sp³-hybridized carbons (Fsp3) is 0.200. The molecule has 0 bridgehead atoms. The van der Waals surface area contributed by atoms with Crippen molar-refractivity contribution in [1.82, 2.24) is 9.97 Å². The Balaban J connectivity index is 1.55. The van der Waals surface area contributed by atoms with Crippen LogP contribution >= 0.6 is 11.3 Å². The minimum Gasteiger partial charge on any atom is -0.497 e. The SMILES string of the molecule is COc1ccc(NC(=O)CCc2csc(NC(=O)c3ccc[nH]c3=O)n2)c(OC)c1. The highest BCUT2D eigenvalue weighted by Crippen LogP contribution is 2.29. The fourth-order valence-electron chi connectivity index (χ4n) is 2.60. The second kappa shape index (κ2) is 9.70. The molecule has 0 spiro atoms. The normalized spacial score (nSPS) is 10.3. The standard InChI is InChI=1S/C20H20N4O5S/c1-28-13-6-7-15(16(10-13)29-2)23-17(25)8-5-12-11-30-20(22-12)24-19(27)14-4-3-9-21-18(14)26/h3-4,6-7,9-11H,5,8H2,1-2H3,(H,21,26)(H,23,25)(H,22,24,27). The third kappa shape index (κ3) is 5.23. The fourth-order valence-corrected chi connectivity index (χ4v) is 3.34. The maximum absolute atomic E-state index is 12.3. The molecule has 9 nitrogen and oxygen atoms in total. The van der Waals surface area contributed by atoms with E-state index in [2.05, 4.69) is 20.6 Å². The van der Waals surface area contributed by atoms with Crippen LogP contribution in [0.2, 0.25) is 0 Å². The molecule has 0 saturated heterocycles. The van der Waals surface area contributed by atoms with Crippen LogP contribution < -0.4 is 25.7 Å². The lowest BCUT2D eigenvalue weighted by Gasteiger charge is -2.11. The Morgan fingerprint density at radius 3 is 2.73 bits per heavy atom. The van der Waals surface area contributed by atoms with Gasteiger partial charge in [-0.1, -0.05) is 0 Å². The van der Waals surface area contributed by atoms with E-state index in [1.807, 2.05) is 0 Å². The van der Waals surface area contributed by atoms with Gasteiger partial charge in [-0.15, -0.1) is 11.3 Å². The van der Waals surface area contributed by atoms with Crippen molar-refractivity contribution in [3.8, 4) is 11.5 Å². The van der Waals surface area contributed by atoms with Gasteiger partial charge in [-0.3, -0.25) is 19.7 Å². The third-order valence-electron chi connectivity index (χ3n) is 4.13. The zero-order valence-corrected chi connectivity index (χ0v) is 17.2. The van der Waals surface area contributed by atoms with E-state index in [-0.39, 0.29) is 17.9 Å². The van der Waals surface area contributed by atoms with Gasteiger partial charge in [-0.2, -0.15) is 0 Å². The van der Waals surface area contributed by atoms with Crippen molar-refractivity contribution in [2.45, 2.75) is 12.8 Å². The number of aryl methyl sites for hydroxylation is 1. The summed E-state index contributed by atoms with van der Waals surface area (Å²) in [6, 6.07) is 8.12. The number of nitrogens with one attached hydrogen (secondary N) is 3. The molecule has 30 heavy (non-hydrogen) atoms. The molecule has 0 radical (unpaired) electrons. The average molecular weight is 428 g/mol. The highest BCUT2D eigenvalue weighted by atomic mass is 32.1. The molecule has 0 aliphatic heterocycles. The summed E-state index contributed by atoms with van der Waals surface area (Å²) in [6.07, 6.45) is 2.04. The number of ether oxygens (including phenoxy) is 2. The third-order valence-corrected chi connectivity index (χ3v) is 4.93. The Morgan fingerprint density at radius 2 is 2.00 bits per heavy atom. The summed E-state index contributed by atoms with van der Waals surface area (Å²) in [7, 11) is 3.06. The first-order valence-electron chi connectivity index (χ1n) is 8.95. The van der Waals surface area contributed by atoms with Crippen LogP contribution in [0.15, 0.2) is 46.7 Å². The maximum Gasteiger partial charge on any atom is 0.263 e. The summed E-state index contributed by atoms with van der Waals surface area (Å²) in [4.78, 5) is 42.9. The number of carbonyl (C=O) groups excluding carboxylic acids is 2. The minimum atomic E-state index is -0.540. The van der Waals surface area contributed by atoms with Crippen molar-refractivity contribution >= 4 is 34.0 Å². The molecule has 0 aliphatic rings. The van der Waals surface area contributed by atoms with Gasteiger partial charge >= 0.3 is 0 Å². The molecule has 0 saturated carbocycles. The Hall–Kier alpha value is -3.66. The van der Waals surface area contributed by atoms with Crippen LogP contribution in [0.1, 0.15) is 22.5 Å². The summed E-state index contributed by atoms with van der Waals surface area (Å²) < 4.78 is 10.4. The van der Waals surface area contributed by atoms with Gasteiger partial charge in [0.05, 0.1) is 25.6 Å². The molecule has 2 aromatic heterocycles. The molecular formula is C20H20N4O5S. The number of thiazole rings is 1. The molecule has 2 amide bonds. The number of nitrogens with zero attached hydrogens (tertiary/aromatic N) is 1. The molecule has 2 heterocycles. The van der Waals surface area contributed by atoms with E-state index in [0.29, 0.717) is 34.4 Å². The number of anilines is 2.